The molecule has 0 radical (unpaired) electrons. The molecule has 8 heteroatoms. The number of nitrogens with zero attached hydrogens (tertiary/aromatic N) is 1. The number of hydrogen-bond donors (Lipinski definition) is 1. The third-order valence-corrected chi connectivity index (χ3v) is 9.87. The summed E-state index contributed by atoms with van der Waals surface area (Å²) in [6.07, 6.45) is 2.95. The van der Waals surface area contributed by atoms with Crippen LogP contribution in [0.25, 0.3) is 0 Å². The maximum atomic E-state index is 12.7. The Morgan fingerprint density at radius 1 is 1.50 bits per heavy atom. The van der Waals surface area contributed by atoms with Crippen LogP contribution in [0.4, 0.5) is 0 Å². The number of hydrogen-bond acceptors (Lipinski definition) is 4. The van der Waals surface area contributed by atoms with Gasteiger partial charge in [-0.15, -0.1) is 23.1 Å². The van der Waals surface area contributed by atoms with E-state index in [-0.39, 0.29) is 9.49 Å². The Balaban J connectivity index is 2.29. The zero-order valence-electron chi connectivity index (χ0n) is 14.2. The third kappa shape index (κ3) is 4.57. The van der Waals surface area contributed by atoms with Crippen LogP contribution in [0.5, 0.6) is 0 Å². The lowest BCUT2D eigenvalue weighted by Crippen LogP contribution is -2.48. The van der Waals surface area contributed by atoms with Crippen LogP contribution in [0.15, 0.2) is 9.85 Å². The van der Waals surface area contributed by atoms with Crippen molar-refractivity contribution >= 4 is 61.6 Å². The summed E-state index contributed by atoms with van der Waals surface area (Å²) < 4.78 is 16.3. The zero-order valence-corrected chi connectivity index (χ0v) is 19.0. The lowest BCUT2D eigenvalue weighted by Gasteiger charge is -2.39. The fraction of sp³-hybridized carbons (Fsp3) is 0.688. The van der Waals surface area contributed by atoms with Crippen LogP contribution in [0.2, 0.25) is 5.02 Å². The van der Waals surface area contributed by atoms with Crippen molar-refractivity contribution < 1.29 is 4.21 Å². The van der Waals surface area contributed by atoms with Crippen LogP contribution in [-0.2, 0) is 16.5 Å². The molecule has 0 bridgehead atoms. The predicted octanol–water partition coefficient (Wildman–Crippen LogP) is 5.61. The largest absolute Gasteiger partial charge is 0.242 e. The highest BCUT2D eigenvalue weighted by Gasteiger charge is 2.42. The third-order valence-electron chi connectivity index (χ3n) is 4.03. The highest BCUT2D eigenvalue weighted by molar-refractivity contribution is 9.11. The van der Waals surface area contributed by atoms with Gasteiger partial charge in [-0.25, -0.2) is 8.93 Å². The van der Waals surface area contributed by atoms with Crippen molar-refractivity contribution in [2.75, 3.05) is 5.75 Å². The van der Waals surface area contributed by atoms with Gasteiger partial charge in [0.15, 0.2) is 0 Å². The van der Waals surface area contributed by atoms with Gasteiger partial charge < -0.3 is 0 Å². The number of nitriles is 1. The molecule has 2 rings (SSSR count). The summed E-state index contributed by atoms with van der Waals surface area (Å²) in [5.41, 5.74) is -0.560. The van der Waals surface area contributed by atoms with Crippen LogP contribution in [0.3, 0.4) is 0 Å². The standard InChI is InChI=1S/C16H22BrClN2OS3/c1-14(2,3)24(21)20-15(4,13-11(18)8-12(17)23-13)10-22-16(9-19)6-5-7-16/h8,20H,5-7,10H2,1-4H3/t15-,24+/m0/s1. The normalized spacial score (nSPS) is 20.7. The van der Waals surface area contributed by atoms with E-state index in [1.54, 1.807) is 23.1 Å². The topological polar surface area (TPSA) is 52.9 Å². The van der Waals surface area contributed by atoms with E-state index in [1.165, 1.54) is 0 Å². The quantitative estimate of drug-likeness (QED) is 0.589. The first-order valence-electron chi connectivity index (χ1n) is 7.72. The average Bonchev–Trinajstić information content (AvgIpc) is 2.76. The van der Waals surface area contributed by atoms with Crippen LogP contribution in [0.1, 0.15) is 51.8 Å². The van der Waals surface area contributed by atoms with Crippen LogP contribution in [-0.4, -0.2) is 19.5 Å². The monoisotopic (exact) mass is 468 g/mol. The van der Waals surface area contributed by atoms with Crippen molar-refractivity contribution in [3.8, 4) is 6.07 Å². The summed E-state index contributed by atoms with van der Waals surface area (Å²) in [7, 11) is -1.23. The van der Waals surface area contributed by atoms with E-state index in [0.29, 0.717) is 10.8 Å². The molecule has 0 saturated heterocycles. The van der Waals surface area contributed by atoms with Crippen molar-refractivity contribution in [3.63, 3.8) is 0 Å². The number of nitrogens with one attached hydrogen (secondary N) is 1. The fourth-order valence-electron chi connectivity index (χ4n) is 2.28. The summed E-state index contributed by atoms with van der Waals surface area (Å²) >= 11 is 13.1. The SMILES string of the molecule is CC(C)(C)[S@@](=O)N[C@@](C)(CSC1(C#N)CCC1)c1sc(Br)cc1Cl. The van der Waals surface area contributed by atoms with Gasteiger partial charge in [-0.05, 0) is 69.0 Å². The summed E-state index contributed by atoms with van der Waals surface area (Å²) in [4.78, 5) is 0.952. The summed E-state index contributed by atoms with van der Waals surface area (Å²) in [6.45, 7) is 7.85. The summed E-state index contributed by atoms with van der Waals surface area (Å²) in [6, 6.07) is 4.33. The van der Waals surface area contributed by atoms with Crippen LogP contribution < -0.4 is 4.72 Å². The molecule has 24 heavy (non-hydrogen) atoms. The first-order chi connectivity index (χ1) is 11.0. The molecule has 1 aromatic rings. The number of thiophene rings is 1. The van der Waals surface area contributed by atoms with Gasteiger partial charge in [-0.1, -0.05) is 11.6 Å². The van der Waals surface area contributed by atoms with Gasteiger partial charge in [0.25, 0.3) is 0 Å². The molecule has 0 aromatic carbocycles. The van der Waals surface area contributed by atoms with E-state index < -0.39 is 16.5 Å². The van der Waals surface area contributed by atoms with Crippen molar-refractivity contribution in [2.45, 2.75) is 62.0 Å². The molecule has 3 nitrogen and oxygen atoms in total. The van der Waals surface area contributed by atoms with Gasteiger partial charge >= 0.3 is 0 Å². The Bertz CT molecular complexity index is 676. The molecule has 0 aliphatic heterocycles. The minimum Gasteiger partial charge on any atom is -0.242 e. The Morgan fingerprint density at radius 3 is 2.50 bits per heavy atom. The minimum atomic E-state index is -1.23. The molecule has 1 fully saturated rings. The zero-order chi connectivity index (χ0) is 18.2. The van der Waals surface area contributed by atoms with Crippen LogP contribution >= 0.6 is 50.6 Å². The molecule has 2 atom stereocenters. The Kier molecular flexibility index (Phi) is 6.54. The van der Waals surface area contributed by atoms with Crippen molar-refractivity contribution in [1.82, 2.24) is 4.72 Å². The summed E-state index contributed by atoms with van der Waals surface area (Å²) in [5, 5.41) is 10.2. The highest BCUT2D eigenvalue weighted by atomic mass is 79.9. The van der Waals surface area contributed by atoms with E-state index in [4.69, 9.17) is 11.6 Å². The molecular weight excluding hydrogens is 448 g/mol. The van der Waals surface area contributed by atoms with Crippen molar-refractivity contribution in [3.05, 3.63) is 19.8 Å². The van der Waals surface area contributed by atoms with Crippen molar-refractivity contribution in [2.24, 2.45) is 0 Å². The van der Waals surface area contributed by atoms with Crippen LogP contribution in [0, 0.1) is 11.3 Å². The van der Waals surface area contributed by atoms with E-state index >= 15 is 0 Å². The molecule has 1 aliphatic rings. The maximum absolute atomic E-state index is 12.7. The average molecular weight is 470 g/mol. The molecule has 0 unspecified atom stereocenters. The molecule has 1 aliphatic carbocycles. The van der Waals surface area contributed by atoms with E-state index in [1.807, 2.05) is 33.8 Å². The Labute approximate surface area is 168 Å². The smallest absolute Gasteiger partial charge is 0.102 e. The lowest BCUT2D eigenvalue weighted by atomic mass is 9.86. The Hall–Kier alpha value is 0.420. The molecule has 1 saturated carbocycles. The second-order valence-corrected chi connectivity index (χ2v) is 13.5. The second-order valence-electron chi connectivity index (χ2n) is 7.29. The maximum Gasteiger partial charge on any atom is 0.102 e. The molecule has 1 heterocycles. The van der Waals surface area contributed by atoms with Crippen molar-refractivity contribution in [1.29, 1.82) is 5.26 Å². The number of thioether (sulfide) groups is 1. The second kappa shape index (κ2) is 7.58. The first kappa shape index (κ1) is 20.7. The number of rotatable bonds is 6. The molecule has 1 N–H and O–H groups in total. The van der Waals surface area contributed by atoms with Gasteiger partial charge in [0.05, 0.1) is 36.1 Å². The Morgan fingerprint density at radius 2 is 2.12 bits per heavy atom. The first-order valence-corrected chi connectivity index (χ1v) is 11.8. The fourth-order valence-corrected chi connectivity index (χ4v) is 7.07. The van der Waals surface area contributed by atoms with Gasteiger partial charge in [0.1, 0.15) is 4.75 Å². The minimum absolute atomic E-state index is 0.298. The van der Waals surface area contributed by atoms with Gasteiger partial charge in [-0.3, -0.25) is 0 Å². The van der Waals surface area contributed by atoms with Gasteiger partial charge in [-0.2, -0.15) is 5.26 Å². The van der Waals surface area contributed by atoms with E-state index in [9.17, 15) is 9.47 Å². The van der Waals surface area contributed by atoms with E-state index in [2.05, 4.69) is 26.7 Å². The molecule has 134 valence electrons. The highest BCUT2D eigenvalue weighted by Crippen LogP contribution is 2.48. The molecule has 1 aromatic heterocycles. The molecule has 0 spiro atoms. The summed E-state index contributed by atoms with van der Waals surface area (Å²) in [5.74, 6) is 0.648. The number of halogens is 2. The molecular formula is C16H22BrClN2OS3. The predicted molar refractivity (Wildman–Crippen MR) is 110 cm³/mol. The molecule has 0 amide bonds. The van der Waals surface area contributed by atoms with Gasteiger partial charge in [0, 0.05) is 10.6 Å². The van der Waals surface area contributed by atoms with E-state index in [0.717, 1.165) is 27.9 Å². The van der Waals surface area contributed by atoms with Gasteiger partial charge in [0.2, 0.25) is 0 Å². The lowest BCUT2D eigenvalue weighted by molar-refractivity contribution is 0.434.